The first kappa shape index (κ1) is 14.3. The van der Waals surface area contributed by atoms with Gasteiger partial charge in [-0.25, -0.2) is 0 Å². The topological polar surface area (TPSA) is 32.3 Å². The Kier molecular flexibility index (Phi) is 4.71. The molecule has 2 saturated carbocycles. The monoisotopic (exact) mass is 253 g/mol. The van der Waals surface area contributed by atoms with E-state index in [0.717, 1.165) is 25.3 Å². The molecule has 0 aliphatic heterocycles. The van der Waals surface area contributed by atoms with Crippen LogP contribution in [-0.2, 0) is 0 Å². The van der Waals surface area contributed by atoms with E-state index in [1.165, 1.54) is 32.1 Å². The highest BCUT2D eigenvalue weighted by molar-refractivity contribution is 4.87. The molecule has 0 aromatic heterocycles. The zero-order chi connectivity index (χ0) is 13.2. The minimum absolute atomic E-state index is 0.0349. The molecule has 4 unspecified atom stereocenters. The van der Waals surface area contributed by atoms with Gasteiger partial charge in [0.25, 0.3) is 0 Å². The molecule has 0 spiro atoms. The lowest BCUT2D eigenvalue weighted by Crippen LogP contribution is -2.42. The van der Waals surface area contributed by atoms with Crippen molar-refractivity contribution in [1.29, 1.82) is 0 Å². The van der Waals surface area contributed by atoms with E-state index < -0.39 is 0 Å². The average molecular weight is 253 g/mol. The van der Waals surface area contributed by atoms with Crippen molar-refractivity contribution in [3.8, 4) is 0 Å². The Morgan fingerprint density at radius 2 is 1.94 bits per heavy atom. The van der Waals surface area contributed by atoms with Gasteiger partial charge < -0.3 is 10.4 Å². The lowest BCUT2D eigenvalue weighted by molar-refractivity contribution is 0.0941. The van der Waals surface area contributed by atoms with Crippen molar-refractivity contribution < 1.29 is 5.11 Å². The van der Waals surface area contributed by atoms with Crippen LogP contribution in [0.4, 0.5) is 0 Å². The minimum Gasteiger partial charge on any atom is -0.393 e. The molecule has 2 heteroatoms. The molecule has 18 heavy (non-hydrogen) atoms. The number of nitrogens with one attached hydrogen (secondary N) is 1. The smallest absolute Gasteiger partial charge is 0.0543 e. The second-order valence-electron chi connectivity index (χ2n) is 7.70. The predicted molar refractivity (Wildman–Crippen MR) is 76.6 cm³/mol. The largest absolute Gasteiger partial charge is 0.393 e. The van der Waals surface area contributed by atoms with Gasteiger partial charge in [0.15, 0.2) is 0 Å². The molecule has 0 heterocycles. The van der Waals surface area contributed by atoms with Crippen LogP contribution in [0.15, 0.2) is 0 Å². The molecule has 4 atom stereocenters. The Bertz CT molecular complexity index is 264. The van der Waals surface area contributed by atoms with E-state index in [0.29, 0.717) is 17.4 Å². The first-order valence-corrected chi connectivity index (χ1v) is 7.86. The molecule has 2 aliphatic rings. The summed E-state index contributed by atoms with van der Waals surface area (Å²) in [4.78, 5) is 0. The van der Waals surface area contributed by atoms with Crippen LogP contribution in [0.1, 0.15) is 65.7 Å². The van der Waals surface area contributed by atoms with Crippen LogP contribution in [0.5, 0.6) is 0 Å². The molecule has 2 fully saturated rings. The van der Waals surface area contributed by atoms with Crippen molar-refractivity contribution in [2.75, 3.05) is 6.54 Å². The van der Waals surface area contributed by atoms with Gasteiger partial charge in [-0.3, -0.25) is 0 Å². The zero-order valence-electron chi connectivity index (χ0n) is 12.4. The summed E-state index contributed by atoms with van der Waals surface area (Å²) in [6, 6.07) is 0.697. The third kappa shape index (κ3) is 4.24. The van der Waals surface area contributed by atoms with Crippen LogP contribution in [0.2, 0.25) is 0 Å². The third-order valence-electron chi connectivity index (χ3n) is 4.84. The Labute approximate surface area is 113 Å². The first-order valence-electron chi connectivity index (χ1n) is 7.86. The van der Waals surface area contributed by atoms with E-state index >= 15 is 0 Å². The molecule has 0 radical (unpaired) electrons. The molecule has 0 aromatic rings. The average Bonchev–Trinajstić information content (AvgIpc) is 2.24. The van der Waals surface area contributed by atoms with E-state index in [4.69, 9.17) is 0 Å². The van der Waals surface area contributed by atoms with Crippen LogP contribution in [-0.4, -0.2) is 23.8 Å². The highest BCUT2D eigenvalue weighted by Gasteiger charge is 2.32. The molecule has 0 aromatic carbocycles. The van der Waals surface area contributed by atoms with Gasteiger partial charge in [0.05, 0.1) is 6.10 Å². The summed E-state index contributed by atoms with van der Waals surface area (Å²) in [5.74, 6) is 1.55. The van der Waals surface area contributed by atoms with Gasteiger partial charge in [-0.1, -0.05) is 27.2 Å². The van der Waals surface area contributed by atoms with Crippen LogP contribution in [0.3, 0.4) is 0 Å². The van der Waals surface area contributed by atoms with E-state index in [-0.39, 0.29) is 6.10 Å². The summed E-state index contributed by atoms with van der Waals surface area (Å²) >= 11 is 0. The van der Waals surface area contributed by atoms with Crippen molar-refractivity contribution in [3.05, 3.63) is 0 Å². The SMILES string of the molecule is CC1CC(NCC2CCCC(O)C2)CC(C)(C)C1. The molecule has 2 N–H and O–H groups in total. The fourth-order valence-corrected chi connectivity index (χ4v) is 4.28. The zero-order valence-corrected chi connectivity index (χ0v) is 12.4. The molecule has 0 saturated heterocycles. The van der Waals surface area contributed by atoms with E-state index in [1.54, 1.807) is 0 Å². The number of rotatable bonds is 3. The summed E-state index contributed by atoms with van der Waals surface area (Å²) < 4.78 is 0. The molecule has 2 aliphatic carbocycles. The van der Waals surface area contributed by atoms with Crippen LogP contribution in [0.25, 0.3) is 0 Å². The normalized spacial score (nSPS) is 40.7. The van der Waals surface area contributed by atoms with E-state index in [1.807, 2.05) is 0 Å². The fourth-order valence-electron chi connectivity index (χ4n) is 4.28. The quantitative estimate of drug-likeness (QED) is 0.808. The van der Waals surface area contributed by atoms with Gasteiger partial charge in [-0.15, -0.1) is 0 Å². The molecule has 2 rings (SSSR count). The Balaban J connectivity index is 1.75. The van der Waals surface area contributed by atoms with Gasteiger partial charge in [-0.05, 0) is 62.3 Å². The van der Waals surface area contributed by atoms with Crippen molar-refractivity contribution in [3.63, 3.8) is 0 Å². The van der Waals surface area contributed by atoms with Gasteiger partial charge in [-0.2, -0.15) is 0 Å². The van der Waals surface area contributed by atoms with Crippen molar-refractivity contribution in [1.82, 2.24) is 5.32 Å². The maximum absolute atomic E-state index is 9.71. The highest BCUT2D eigenvalue weighted by Crippen LogP contribution is 2.38. The Morgan fingerprint density at radius 3 is 2.61 bits per heavy atom. The minimum atomic E-state index is -0.0349. The highest BCUT2D eigenvalue weighted by atomic mass is 16.3. The van der Waals surface area contributed by atoms with Gasteiger partial charge in [0.1, 0.15) is 0 Å². The van der Waals surface area contributed by atoms with Crippen LogP contribution >= 0.6 is 0 Å². The third-order valence-corrected chi connectivity index (χ3v) is 4.84. The number of aliphatic hydroxyl groups is 1. The van der Waals surface area contributed by atoms with Gasteiger partial charge in [0.2, 0.25) is 0 Å². The first-order chi connectivity index (χ1) is 8.44. The maximum atomic E-state index is 9.71. The van der Waals surface area contributed by atoms with Crippen molar-refractivity contribution in [2.24, 2.45) is 17.3 Å². The lowest BCUT2D eigenvalue weighted by atomic mass is 9.70. The predicted octanol–water partition coefficient (Wildman–Crippen LogP) is 3.34. The number of hydrogen-bond acceptors (Lipinski definition) is 2. The fraction of sp³-hybridized carbons (Fsp3) is 1.00. The molecular formula is C16H31NO. The van der Waals surface area contributed by atoms with Crippen LogP contribution < -0.4 is 5.32 Å². The van der Waals surface area contributed by atoms with Crippen molar-refractivity contribution >= 4 is 0 Å². The lowest BCUT2D eigenvalue weighted by Gasteiger charge is -2.40. The number of hydrogen-bond donors (Lipinski definition) is 2. The summed E-state index contributed by atoms with van der Waals surface area (Å²) in [7, 11) is 0. The van der Waals surface area contributed by atoms with E-state index in [2.05, 4.69) is 26.1 Å². The molecule has 2 nitrogen and oxygen atoms in total. The van der Waals surface area contributed by atoms with E-state index in [9.17, 15) is 5.11 Å². The Morgan fingerprint density at radius 1 is 1.17 bits per heavy atom. The number of aliphatic hydroxyl groups excluding tert-OH is 1. The molecule has 106 valence electrons. The van der Waals surface area contributed by atoms with Crippen molar-refractivity contribution in [2.45, 2.75) is 77.9 Å². The molecule has 0 amide bonds. The molecule has 0 bridgehead atoms. The summed E-state index contributed by atoms with van der Waals surface area (Å²) in [6.45, 7) is 8.31. The van der Waals surface area contributed by atoms with Gasteiger partial charge >= 0.3 is 0 Å². The Hall–Kier alpha value is -0.0800. The van der Waals surface area contributed by atoms with Crippen LogP contribution in [0, 0.1) is 17.3 Å². The standard InChI is InChI=1S/C16H31NO/c1-12-7-14(10-16(2,3)9-12)17-11-13-5-4-6-15(18)8-13/h12-15,17-18H,4-11H2,1-3H3. The second-order valence-corrected chi connectivity index (χ2v) is 7.70. The maximum Gasteiger partial charge on any atom is 0.0543 e. The summed E-state index contributed by atoms with van der Waals surface area (Å²) in [6.07, 6.45) is 8.52. The van der Waals surface area contributed by atoms with Gasteiger partial charge in [0, 0.05) is 6.04 Å². The second kappa shape index (κ2) is 5.92. The summed E-state index contributed by atoms with van der Waals surface area (Å²) in [5.41, 5.74) is 0.501. The summed E-state index contributed by atoms with van der Waals surface area (Å²) in [5, 5.41) is 13.5. The molecular weight excluding hydrogens is 222 g/mol.